The van der Waals surface area contributed by atoms with E-state index in [0.29, 0.717) is 0 Å². The SMILES string of the molecule is COc1ccc2c(c1)C(C)(C)C(C=Cc1ccccc1)=[N+]2C.[I-]. The zero-order chi connectivity index (χ0) is 15.7. The third kappa shape index (κ3) is 3.20. The van der Waals surface area contributed by atoms with Crippen LogP contribution in [0.1, 0.15) is 25.0 Å². The lowest BCUT2D eigenvalue weighted by atomic mass is 9.81. The minimum absolute atomic E-state index is 0. The first-order valence-electron chi connectivity index (χ1n) is 7.57. The lowest BCUT2D eigenvalue weighted by Crippen LogP contribution is -3.00. The number of benzene rings is 2. The molecule has 2 aromatic carbocycles. The quantitative estimate of drug-likeness (QED) is 0.542. The van der Waals surface area contributed by atoms with Gasteiger partial charge in [0.2, 0.25) is 5.69 Å². The van der Waals surface area contributed by atoms with Crippen molar-refractivity contribution in [3.05, 3.63) is 65.7 Å². The first-order valence-corrected chi connectivity index (χ1v) is 7.57. The Kier molecular flexibility index (Phi) is 5.30. The van der Waals surface area contributed by atoms with Gasteiger partial charge in [-0.3, -0.25) is 0 Å². The molecule has 0 bridgehead atoms. The number of fused-ring (bicyclic) bond motifs is 1. The first kappa shape index (κ1) is 17.7. The van der Waals surface area contributed by atoms with Crippen molar-refractivity contribution in [2.75, 3.05) is 14.2 Å². The molecule has 0 aliphatic carbocycles. The van der Waals surface area contributed by atoms with Gasteiger partial charge in [0.15, 0.2) is 5.71 Å². The number of hydrogen-bond acceptors (Lipinski definition) is 1. The summed E-state index contributed by atoms with van der Waals surface area (Å²) in [5.74, 6) is 0.911. The summed E-state index contributed by atoms with van der Waals surface area (Å²) in [6.07, 6.45) is 4.40. The zero-order valence-corrected chi connectivity index (χ0v) is 16.2. The van der Waals surface area contributed by atoms with Crippen molar-refractivity contribution < 1.29 is 33.3 Å². The first-order chi connectivity index (χ1) is 10.5. The Morgan fingerprint density at radius 1 is 1.00 bits per heavy atom. The maximum atomic E-state index is 5.39. The number of halogens is 1. The molecule has 0 N–H and O–H groups in total. The summed E-state index contributed by atoms with van der Waals surface area (Å²) < 4.78 is 7.66. The molecule has 0 fully saturated rings. The summed E-state index contributed by atoms with van der Waals surface area (Å²) in [7, 11) is 3.85. The highest BCUT2D eigenvalue weighted by Gasteiger charge is 2.43. The van der Waals surface area contributed by atoms with E-state index in [2.05, 4.69) is 74.0 Å². The number of hydrogen-bond donors (Lipinski definition) is 0. The van der Waals surface area contributed by atoms with E-state index >= 15 is 0 Å². The fraction of sp³-hybridized carbons (Fsp3) is 0.250. The van der Waals surface area contributed by atoms with Crippen molar-refractivity contribution in [3.8, 4) is 5.75 Å². The minimum atomic E-state index is -0.0378. The van der Waals surface area contributed by atoms with Crippen LogP contribution in [0.15, 0.2) is 54.6 Å². The third-order valence-electron chi connectivity index (χ3n) is 4.47. The van der Waals surface area contributed by atoms with E-state index in [-0.39, 0.29) is 29.4 Å². The molecule has 2 nitrogen and oxygen atoms in total. The second-order valence-corrected chi connectivity index (χ2v) is 6.20. The summed E-state index contributed by atoms with van der Waals surface area (Å²) in [6, 6.07) is 16.7. The van der Waals surface area contributed by atoms with E-state index in [1.54, 1.807) is 7.11 Å². The predicted molar refractivity (Wildman–Crippen MR) is 92.3 cm³/mol. The molecule has 3 rings (SSSR count). The fourth-order valence-corrected chi connectivity index (χ4v) is 3.18. The molecule has 0 saturated carbocycles. The van der Waals surface area contributed by atoms with Crippen LogP contribution in [0, 0.1) is 0 Å². The summed E-state index contributed by atoms with van der Waals surface area (Å²) in [5.41, 5.74) is 5.03. The minimum Gasteiger partial charge on any atom is -1.00 e. The second-order valence-electron chi connectivity index (χ2n) is 6.20. The van der Waals surface area contributed by atoms with Gasteiger partial charge in [0.1, 0.15) is 12.8 Å². The molecule has 2 aromatic rings. The molecule has 1 aliphatic heterocycles. The average molecular weight is 419 g/mol. The number of rotatable bonds is 3. The van der Waals surface area contributed by atoms with Gasteiger partial charge in [0.05, 0.1) is 12.5 Å². The molecule has 0 spiro atoms. The topological polar surface area (TPSA) is 12.2 Å². The Balaban J connectivity index is 0.00000192. The molecule has 0 radical (unpaired) electrons. The van der Waals surface area contributed by atoms with Crippen LogP contribution in [0.2, 0.25) is 0 Å². The molecule has 23 heavy (non-hydrogen) atoms. The smallest absolute Gasteiger partial charge is 0.209 e. The Morgan fingerprint density at radius 3 is 2.35 bits per heavy atom. The Bertz CT molecular complexity index is 760. The Morgan fingerprint density at radius 2 is 1.70 bits per heavy atom. The van der Waals surface area contributed by atoms with Gasteiger partial charge in [-0.2, -0.15) is 4.58 Å². The van der Waals surface area contributed by atoms with Crippen LogP contribution in [0.25, 0.3) is 6.08 Å². The van der Waals surface area contributed by atoms with Gasteiger partial charge >= 0.3 is 0 Å². The molecule has 1 heterocycles. The standard InChI is InChI=1S/C20H22NO.HI/c1-20(2)17-14-16(22-4)11-12-18(17)21(3)19(20)13-10-15-8-6-5-7-9-15;/h5-14H,1-4H3;1H/q+1;/p-1. The van der Waals surface area contributed by atoms with Crippen LogP contribution in [-0.4, -0.2) is 24.4 Å². The number of allylic oxidation sites excluding steroid dienone is 1. The van der Waals surface area contributed by atoms with E-state index in [0.717, 1.165) is 5.75 Å². The molecule has 3 heteroatoms. The van der Waals surface area contributed by atoms with Gasteiger partial charge in [-0.1, -0.05) is 30.3 Å². The second kappa shape index (κ2) is 6.87. The fourth-order valence-electron chi connectivity index (χ4n) is 3.18. The van der Waals surface area contributed by atoms with E-state index in [1.165, 1.54) is 22.5 Å². The molecule has 120 valence electrons. The maximum Gasteiger partial charge on any atom is 0.209 e. The van der Waals surface area contributed by atoms with E-state index in [4.69, 9.17) is 4.74 Å². The highest BCUT2D eigenvalue weighted by Crippen LogP contribution is 2.41. The van der Waals surface area contributed by atoms with Crippen molar-refractivity contribution in [1.82, 2.24) is 0 Å². The molecule has 0 amide bonds. The molecule has 0 aromatic heterocycles. The van der Waals surface area contributed by atoms with Gasteiger partial charge in [0, 0.05) is 17.7 Å². The lowest BCUT2D eigenvalue weighted by molar-refractivity contribution is -0.401. The molecule has 1 aliphatic rings. The van der Waals surface area contributed by atoms with Crippen LogP contribution in [0.3, 0.4) is 0 Å². The van der Waals surface area contributed by atoms with E-state index in [9.17, 15) is 0 Å². The third-order valence-corrected chi connectivity index (χ3v) is 4.47. The largest absolute Gasteiger partial charge is 1.00 e. The average Bonchev–Trinajstić information content (AvgIpc) is 2.73. The van der Waals surface area contributed by atoms with Gasteiger partial charge in [0.25, 0.3) is 0 Å². The van der Waals surface area contributed by atoms with E-state index < -0.39 is 0 Å². The normalized spacial score (nSPS) is 15.5. The van der Waals surface area contributed by atoms with Gasteiger partial charge < -0.3 is 28.7 Å². The molecular formula is C20H22INO. The molecule has 0 atom stereocenters. The van der Waals surface area contributed by atoms with Crippen molar-refractivity contribution in [3.63, 3.8) is 0 Å². The van der Waals surface area contributed by atoms with Crippen molar-refractivity contribution >= 4 is 17.5 Å². The van der Waals surface area contributed by atoms with Gasteiger partial charge in [-0.05, 0) is 37.6 Å². The van der Waals surface area contributed by atoms with Crippen molar-refractivity contribution in [2.24, 2.45) is 0 Å². The zero-order valence-electron chi connectivity index (χ0n) is 14.0. The Hall–Kier alpha value is -1.62. The van der Waals surface area contributed by atoms with Gasteiger partial charge in [-0.15, -0.1) is 0 Å². The van der Waals surface area contributed by atoms with Crippen LogP contribution >= 0.6 is 0 Å². The molecular weight excluding hydrogens is 397 g/mol. The Labute approximate surface area is 155 Å². The summed E-state index contributed by atoms with van der Waals surface area (Å²) in [6.45, 7) is 4.53. The van der Waals surface area contributed by atoms with Crippen LogP contribution in [-0.2, 0) is 5.41 Å². The van der Waals surface area contributed by atoms with Crippen LogP contribution in [0.4, 0.5) is 5.69 Å². The monoisotopic (exact) mass is 419 g/mol. The van der Waals surface area contributed by atoms with E-state index in [1.807, 2.05) is 12.1 Å². The number of ether oxygens (including phenoxy) is 1. The lowest BCUT2D eigenvalue weighted by Gasteiger charge is -2.16. The summed E-state index contributed by atoms with van der Waals surface area (Å²) in [4.78, 5) is 0. The van der Waals surface area contributed by atoms with Crippen LogP contribution in [0.5, 0.6) is 5.75 Å². The number of methoxy groups -OCH3 is 1. The predicted octanol–water partition coefficient (Wildman–Crippen LogP) is 1.42. The van der Waals surface area contributed by atoms with Crippen molar-refractivity contribution in [2.45, 2.75) is 19.3 Å². The maximum absolute atomic E-state index is 5.39. The molecule has 0 saturated heterocycles. The summed E-state index contributed by atoms with van der Waals surface area (Å²) >= 11 is 0. The summed E-state index contributed by atoms with van der Waals surface area (Å²) in [5, 5.41) is 0. The van der Waals surface area contributed by atoms with Gasteiger partial charge in [-0.25, -0.2) is 0 Å². The van der Waals surface area contributed by atoms with Crippen LogP contribution < -0.4 is 28.7 Å². The highest BCUT2D eigenvalue weighted by molar-refractivity contribution is 6.05. The number of nitrogens with zero attached hydrogens (tertiary/aromatic N) is 1. The highest BCUT2D eigenvalue weighted by atomic mass is 127. The van der Waals surface area contributed by atoms with Crippen molar-refractivity contribution in [1.29, 1.82) is 0 Å². The molecule has 0 unspecified atom stereocenters.